The summed E-state index contributed by atoms with van der Waals surface area (Å²) in [5.41, 5.74) is 1.04. The number of thioether (sulfide) groups is 1. The second kappa shape index (κ2) is 9.35. The Kier molecular flexibility index (Phi) is 6.36. The molecule has 8 nitrogen and oxygen atoms in total. The number of ether oxygens (including phenoxy) is 1. The standard InChI is InChI=1S/C23H22N4O4S/c1-3-4-5-10-19-26-27-20(24)17(21(28)25-23(27)32-19)13-14-11-12-18(31-14)15-8-6-7-9-16(15)22(29)30-2/h6-9,11-13,24H,3-5,10H2,1-2H3/b17-13+,24-20?. The van der Waals surface area contributed by atoms with Crippen molar-refractivity contribution in [1.82, 2.24) is 5.01 Å². The number of benzene rings is 1. The fourth-order valence-electron chi connectivity index (χ4n) is 3.36. The normalized spacial score (nSPS) is 16.8. The molecular weight excluding hydrogens is 428 g/mol. The summed E-state index contributed by atoms with van der Waals surface area (Å²) in [6.07, 6.45) is 5.50. The van der Waals surface area contributed by atoms with E-state index in [2.05, 4.69) is 17.0 Å². The van der Waals surface area contributed by atoms with E-state index in [-0.39, 0.29) is 11.4 Å². The Balaban J connectivity index is 1.59. The van der Waals surface area contributed by atoms with Crippen LogP contribution < -0.4 is 0 Å². The Labute approximate surface area is 189 Å². The van der Waals surface area contributed by atoms with Crippen molar-refractivity contribution >= 4 is 45.8 Å². The summed E-state index contributed by atoms with van der Waals surface area (Å²) in [7, 11) is 1.32. The van der Waals surface area contributed by atoms with Gasteiger partial charge in [0.15, 0.2) is 5.84 Å². The van der Waals surface area contributed by atoms with Crippen LogP contribution in [0.25, 0.3) is 17.4 Å². The quantitative estimate of drug-likeness (QED) is 0.364. The molecule has 1 aromatic heterocycles. The minimum atomic E-state index is -0.508. The summed E-state index contributed by atoms with van der Waals surface area (Å²) < 4.78 is 10.7. The van der Waals surface area contributed by atoms with E-state index >= 15 is 0 Å². The number of esters is 1. The Hall–Kier alpha value is -3.46. The highest BCUT2D eigenvalue weighted by Crippen LogP contribution is 2.31. The number of carbonyl (C=O) groups excluding carboxylic acids is 2. The molecule has 1 N–H and O–H groups in total. The molecule has 3 heterocycles. The average Bonchev–Trinajstić information content (AvgIpc) is 3.43. The van der Waals surface area contributed by atoms with Gasteiger partial charge >= 0.3 is 5.97 Å². The Morgan fingerprint density at radius 1 is 1.25 bits per heavy atom. The second-order valence-electron chi connectivity index (χ2n) is 7.21. The monoisotopic (exact) mass is 450 g/mol. The number of nitrogens with zero attached hydrogens (tertiary/aromatic N) is 3. The van der Waals surface area contributed by atoms with Crippen LogP contribution in [0.4, 0.5) is 0 Å². The zero-order valence-corrected chi connectivity index (χ0v) is 18.6. The lowest BCUT2D eigenvalue weighted by atomic mass is 10.1. The number of nitrogens with one attached hydrogen (secondary N) is 1. The van der Waals surface area contributed by atoms with Crippen LogP contribution in [-0.2, 0) is 9.53 Å². The molecule has 0 atom stereocenters. The van der Waals surface area contributed by atoms with Gasteiger partial charge in [-0.05, 0) is 48.9 Å². The van der Waals surface area contributed by atoms with Gasteiger partial charge in [0.25, 0.3) is 5.91 Å². The van der Waals surface area contributed by atoms with Gasteiger partial charge < -0.3 is 9.15 Å². The first-order chi connectivity index (χ1) is 15.5. The number of aliphatic imine (C=N–C) groups is 1. The number of hydrazone groups is 1. The van der Waals surface area contributed by atoms with Gasteiger partial charge in [-0.25, -0.2) is 4.79 Å². The molecule has 164 valence electrons. The summed E-state index contributed by atoms with van der Waals surface area (Å²) >= 11 is 1.34. The summed E-state index contributed by atoms with van der Waals surface area (Å²) in [6.45, 7) is 2.14. The minimum Gasteiger partial charge on any atom is -0.465 e. The lowest BCUT2D eigenvalue weighted by Gasteiger charge is -2.19. The van der Waals surface area contributed by atoms with E-state index in [4.69, 9.17) is 14.6 Å². The molecule has 32 heavy (non-hydrogen) atoms. The molecule has 0 bridgehead atoms. The summed E-state index contributed by atoms with van der Waals surface area (Å²) in [6, 6.07) is 10.3. The van der Waals surface area contributed by atoms with E-state index in [1.165, 1.54) is 30.0 Å². The number of amidine groups is 2. The summed E-state index contributed by atoms with van der Waals surface area (Å²) in [5, 5.41) is 15.6. The van der Waals surface area contributed by atoms with Gasteiger partial charge in [-0.3, -0.25) is 10.2 Å². The maximum absolute atomic E-state index is 12.6. The molecule has 0 radical (unpaired) electrons. The highest BCUT2D eigenvalue weighted by atomic mass is 32.2. The number of fused-ring (bicyclic) bond motifs is 1. The molecule has 2 aliphatic heterocycles. The fraction of sp³-hybridized carbons (Fsp3) is 0.261. The van der Waals surface area contributed by atoms with Gasteiger partial charge in [0.05, 0.1) is 18.2 Å². The predicted molar refractivity (Wildman–Crippen MR) is 125 cm³/mol. The van der Waals surface area contributed by atoms with E-state index in [9.17, 15) is 9.59 Å². The first-order valence-electron chi connectivity index (χ1n) is 10.3. The van der Waals surface area contributed by atoms with E-state index in [0.717, 1.165) is 30.7 Å². The first-order valence-corrected chi connectivity index (χ1v) is 11.1. The minimum absolute atomic E-state index is 0.0362. The predicted octanol–water partition coefficient (Wildman–Crippen LogP) is 4.93. The number of unbranched alkanes of at least 4 members (excludes halogenated alkanes) is 2. The molecule has 0 spiro atoms. The lowest BCUT2D eigenvalue weighted by molar-refractivity contribution is -0.114. The van der Waals surface area contributed by atoms with Crippen LogP contribution in [0.5, 0.6) is 0 Å². The highest BCUT2D eigenvalue weighted by Gasteiger charge is 2.35. The van der Waals surface area contributed by atoms with Crippen molar-refractivity contribution in [1.29, 1.82) is 5.41 Å². The van der Waals surface area contributed by atoms with Crippen LogP contribution in [0.1, 0.15) is 48.7 Å². The Morgan fingerprint density at radius 2 is 2.06 bits per heavy atom. The number of carbonyl (C=O) groups is 2. The van der Waals surface area contributed by atoms with Gasteiger partial charge in [0, 0.05) is 5.56 Å². The molecule has 2 aromatic rings. The van der Waals surface area contributed by atoms with Gasteiger partial charge in [0.2, 0.25) is 5.17 Å². The van der Waals surface area contributed by atoms with E-state index < -0.39 is 11.9 Å². The molecule has 1 aromatic carbocycles. The van der Waals surface area contributed by atoms with Crippen molar-refractivity contribution < 1.29 is 18.7 Å². The SMILES string of the molecule is CCCCCC1=NN2C(=N)/C(=C\c3ccc(-c4ccccc4C(=O)OC)o3)C(=O)N=C2S1. The molecule has 0 fully saturated rings. The van der Waals surface area contributed by atoms with Gasteiger partial charge in [0.1, 0.15) is 16.6 Å². The van der Waals surface area contributed by atoms with Crippen LogP contribution in [0.3, 0.4) is 0 Å². The van der Waals surface area contributed by atoms with Crippen LogP contribution in [-0.4, -0.2) is 40.0 Å². The number of hydrogen-bond acceptors (Lipinski definition) is 7. The van der Waals surface area contributed by atoms with Crippen molar-refractivity contribution in [3.63, 3.8) is 0 Å². The molecule has 0 aliphatic carbocycles. The number of amides is 1. The van der Waals surface area contributed by atoms with Crippen LogP contribution in [0.2, 0.25) is 0 Å². The van der Waals surface area contributed by atoms with Crippen LogP contribution in [0, 0.1) is 5.41 Å². The maximum atomic E-state index is 12.6. The molecular formula is C23H22N4O4S. The third kappa shape index (κ3) is 4.29. The van der Waals surface area contributed by atoms with Crippen molar-refractivity contribution in [2.24, 2.45) is 10.1 Å². The number of rotatable bonds is 7. The third-order valence-corrected chi connectivity index (χ3v) is 5.97. The van der Waals surface area contributed by atoms with E-state index in [0.29, 0.717) is 27.8 Å². The van der Waals surface area contributed by atoms with Crippen molar-refractivity contribution in [2.75, 3.05) is 7.11 Å². The van der Waals surface area contributed by atoms with Crippen LogP contribution >= 0.6 is 11.8 Å². The highest BCUT2D eigenvalue weighted by molar-refractivity contribution is 8.26. The molecule has 9 heteroatoms. The molecule has 0 saturated heterocycles. The van der Waals surface area contributed by atoms with Crippen molar-refractivity contribution in [3.8, 4) is 11.3 Å². The Bertz CT molecular complexity index is 1180. The molecule has 1 amide bonds. The first kappa shape index (κ1) is 21.8. The number of furan rings is 1. The van der Waals surface area contributed by atoms with Crippen molar-refractivity contribution in [3.05, 3.63) is 53.3 Å². The lowest BCUT2D eigenvalue weighted by Crippen LogP contribution is -2.35. The zero-order chi connectivity index (χ0) is 22.7. The number of methoxy groups -OCH3 is 1. The maximum Gasteiger partial charge on any atom is 0.338 e. The number of hydrogen-bond donors (Lipinski definition) is 1. The van der Waals surface area contributed by atoms with Crippen LogP contribution in [0.15, 0.2) is 56.5 Å². The van der Waals surface area contributed by atoms with E-state index in [1.54, 1.807) is 36.4 Å². The zero-order valence-electron chi connectivity index (χ0n) is 17.8. The second-order valence-corrected chi connectivity index (χ2v) is 8.25. The molecule has 4 rings (SSSR count). The molecule has 0 saturated carbocycles. The van der Waals surface area contributed by atoms with Gasteiger partial charge in [-0.1, -0.05) is 38.0 Å². The van der Waals surface area contributed by atoms with Gasteiger partial charge in [-0.2, -0.15) is 15.1 Å². The fourth-order valence-corrected chi connectivity index (χ4v) is 4.29. The van der Waals surface area contributed by atoms with E-state index in [1.807, 2.05) is 0 Å². The van der Waals surface area contributed by atoms with Crippen molar-refractivity contribution in [2.45, 2.75) is 32.6 Å². The average molecular weight is 451 g/mol. The third-order valence-electron chi connectivity index (χ3n) is 5.00. The summed E-state index contributed by atoms with van der Waals surface area (Å²) in [4.78, 5) is 28.7. The van der Waals surface area contributed by atoms with Gasteiger partial charge in [-0.15, -0.1) is 0 Å². The molecule has 2 aliphatic rings. The smallest absolute Gasteiger partial charge is 0.338 e. The largest absolute Gasteiger partial charge is 0.465 e. The summed E-state index contributed by atoms with van der Waals surface area (Å²) in [5.74, 6) is -0.199. The topological polar surface area (TPSA) is 108 Å². The Morgan fingerprint density at radius 3 is 2.84 bits per heavy atom. The molecule has 0 unspecified atom stereocenters.